The number of aromatic nitrogens is 2. The van der Waals surface area contributed by atoms with Crippen molar-refractivity contribution in [1.29, 1.82) is 0 Å². The minimum absolute atomic E-state index is 0.617. The highest BCUT2D eigenvalue weighted by atomic mass is 16.1. The number of benzene rings is 1. The van der Waals surface area contributed by atoms with Gasteiger partial charge in [0.15, 0.2) is 6.29 Å². The number of aldehydes is 1. The molecule has 0 radical (unpaired) electrons. The summed E-state index contributed by atoms with van der Waals surface area (Å²) in [5.74, 6) is 0.649. The van der Waals surface area contributed by atoms with Crippen molar-refractivity contribution in [3.05, 3.63) is 41.9 Å². The van der Waals surface area contributed by atoms with Gasteiger partial charge < -0.3 is 4.57 Å². The molecule has 0 saturated carbocycles. The fourth-order valence-corrected chi connectivity index (χ4v) is 2.07. The van der Waals surface area contributed by atoms with E-state index in [9.17, 15) is 4.79 Å². The number of aryl methyl sites for hydroxylation is 1. The SMILES string of the molecule is CC(C)Cc1ccc(-c2ncn(C)c2C=O)cc1. The molecule has 0 aliphatic rings. The van der Waals surface area contributed by atoms with E-state index in [-0.39, 0.29) is 0 Å². The molecule has 1 aromatic carbocycles. The minimum Gasteiger partial charge on any atom is -0.331 e. The number of hydrogen-bond donors (Lipinski definition) is 0. The van der Waals surface area contributed by atoms with Crippen LogP contribution in [0.25, 0.3) is 11.3 Å². The van der Waals surface area contributed by atoms with Crippen molar-refractivity contribution in [3.63, 3.8) is 0 Å². The fourth-order valence-electron chi connectivity index (χ4n) is 2.07. The molecule has 1 heterocycles. The van der Waals surface area contributed by atoms with E-state index < -0.39 is 0 Å². The van der Waals surface area contributed by atoms with Crippen LogP contribution >= 0.6 is 0 Å². The maximum Gasteiger partial charge on any atom is 0.168 e. The highest BCUT2D eigenvalue weighted by Gasteiger charge is 2.10. The quantitative estimate of drug-likeness (QED) is 0.772. The molecule has 3 nitrogen and oxygen atoms in total. The summed E-state index contributed by atoms with van der Waals surface area (Å²) in [5, 5.41) is 0. The highest BCUT2D eigenvalue weighted by Crippen LogP contribution is 2.21. The van der Waals surface area contributed by atoms with Crippen molar-refractivity contribution in [2.75, 3.05) is 0 Å². The van der Waals surface area contributed by atoms with Crippen LogP contribution in [0, 0.1) is 5.92 Å². The minimum atomic E-state index is 0.617. The second kappa shape index (κ2) is 5.17. The van der Waals surface area contributed by atoms with Gasteiger partial charge in [0.25, 0.3) is 0 Å². The lowest BCUT2D eigenvalue weighted by molar-refractivity contribution is 0.111. The Balaban J connectivity index is 2.31. The van der Waals surface area contributed by atoms with E-state index in [2.05, 4.69) is 31.0 Å². The van der Waals surface area contributed by atoms with Crippen LogP contribution in [0.4, 0.5) is 0 Å². The second-order valence-corrected chi connectivity index (χ2v) is 5.00. The Labute approximate surface area is 107 Å². The third-order valence-corrected chi connectivity index (χ3v) is 2.97. The van der Waals surface area contributed by atoms with Crippen LogP contribution < -0.4 is 0 Å². The van der Waals surface area contributed by atoms with Crippen LogP contribution in [-0.2, 0) is 13.5 Å². The van der Waals surface area contributed by atoms with E-state index in [1.54, 1.807) is 10.9 Å². The van der Waals surface area contributed by atoms with Gasteiger partial charge in [0.2, 0.25) is 0 Å². The predicted octanol–water partition coefficient (Wildman–Crippen LogP) is 3.10. The maximum absolute atomic E-state index is 11.0. The normalized spacial score (nSPS) is 10.9. The Bertz CT molecular complexity index is 538. The number of carbonyl (C=O) groups is 1. The van der Waals surface area contributed by atoms with E-state index in [1.165, 1.54) is 5.56 Å². The molecular formula is C15H18N2O. The van der Waals surface area contributed by atoms with Crippen LogP contribution in [0.2, 0.25) is 0 Å². The van der Waals surface area contributed by atoms with Gasteiger partial charge >= 0.3 is 0 Å². The zero-order valence-corrected chi connectivity index (χ0v) is 11.1. The van der Waals surface area contributed by atoms with Gasteiger partial charge in [-0.1, -0.05) is 38.1 Å². The lowest BCUT2D eigenvalue weighted by Gasteiger charge is -2.06. The van der Waals surface area contributed by atoms with Crippen molar-refractivity contribution < 1.29 is 4.79 Å². The van der Waals surface area contributed by atoms with Crippen molar-refractivity contribution in [1.82, 2.24) is 9.55 Å². The van der Waals surface area contributed by atoms with Crippen molar-refractivity contribution in [3.8, 4) is 11.3 Å². The van der Waals surface area contributed by atoms with Crippen LogP contribution in [0.1, 0.15) is 29.9 Å². The molecule has 0 spiro atoms. The molecule has 1 aromatic heterocycles. The van der Waals surface area contributed by atoms with Gasteiger partial charge in [-0.2, -0.15) is 0 Å². The third kappa shape index (κ3) is 2.50. The lowest BCUT2D eigenvalue weighted by Crippen LogP contribution is -1.95. The van der Waals surface area contributed by atoms with E-state index >= 15 is 0 Å². The Morgan fingerprint density at radius 2 is 1.94 bits per heavy atom. The topological polar surface area (TPSA) is 34.9 Å². The molecule has 2 aromatic rings. The molecule has 0 N–H and O–H groups in total. The summed E-state index contributed by atoms with van der Waals surface area (Å²) < 4.78 is 1.74. The van der Waals surface area contributed by atoms with Crippen molar-refractivity contribution in [2.45, 2.75) is 20.3 Å². The Morgan fingerprint density at radius 3 is 2.50 bits per heavy atom. The number of hydrogen-bond acceptors (Lipinski definition) is 2. The zero-order chi connectivity index (χ0) is 13.1. The summed E-state index contributed by atoms with van der Waals surface area (Å²) >= 11 is 0. The summed E-state index contributed by atoms with van der Waals surface area (Å²) in [4.78, 5) is 15.3. The number of nitrogens with zero attached hydrogens (tertiary/aromatic N) is 2. The molecule has 0 amide bonds. The highest BCUT2D eigenvalue weighted by molar-refractivity contribution is 5.83. The third-order valence-electron chi connectivity index (χ3n) is 2.97. The number of imidazole rings is 1. The van der Waals surface area contributed by atoms with Gasteiger partial charge in [-0.25, -0.2) is 4.98 Å². The van der Waals surface area contributed by atoms with Gasteiger partial charge in [0.1, 0.15) is 5.69 Å². The molecule has 2 rings (SSSR count). The molecule has 0 unspecified atom stereocenters. The molecule has 0 aliphatic heterocycles. The smallest absolute Gasteiger partial charge is 0.168 e. The fraction of sp³-hybridized carbons (Fsp3) is 0.333. The molecule has 94 valence electrons. The van der Waals surface area contributed by atoms with E-state index in [4.69, 9.17) is 0 Å². The monoisotopic (exact) mass is 242 g/mol. The molecule has 0 fully saturated rings. The molecule has 0 bridgehead atoms. The summed E-state index contributed by atoms with van der Waals surface area (Å²) in [6.45, 7) is 4.41. The van der Waals surface area contributed by atoms with Gasteiger partial charge in [0.05, 0.1) is 12.0 Å². The summed E-state index contributed by atoms with van der Waals surface area (Å²) in [6.07, 6.45) is 3.59. The molecular weight excluding hydrogens is 224 g/mol. The van der Waals surface area contributed by atoms with E-state index in [0.29, 0.717) is 11.6 Å². The Kier molecular flexibility index (Phi) is 3.60. The summed E-state index contributed by atoms with van der Waals surface area (Å²) in [5.41, 5.74) is 3.68. The van der Waals surface area contributed by atoms with Gasteiger partial charge in [-0.05, 0) is 17.9 Å². The summed E-state index contributed by atoms with van der Waals surface area (Å²) in [6, 6.07) is 8.29. The van der Waals surface area contributed by atoms with Gasteiger partial charge in [-0.15, -0.1) is 0 Å². The van der Waals surface area contributed by atoms with Crippen LogP contribution in [0.3, 0.4) is 0 Å². The molecule has 0 aliphatic carbocycles. The average molecular weight is 242 g/mol. The average Bonchev–Trinajstić information content (AvgIpc) is 2.70. The molecule has 3 heteroatoms. The number of rotatable bonds is 4. The first-order valence-corrected chi connectivity index (χ1v) is 6.17. The van der Waals surface area contributed by atoms with Crippen molar-refractivity contribution >= 4 is 6.29 Å². The van der Waals surface area contributed by atoms with Gasteiger partial charge in [0, 0.05) is 12.6 Å². The lowest BCUT2D eigenvalue weighted by atomic mass is 10.0. The second-order valence-electron chi connectivity index (χ2n) is 5.00. The standard InChI is InChI=1S/C15H18N2O/c1-11(2)8-12-4-6-13(7-5-12)15-14(9-18)17(3)10-16-15/h4-7,9-11H,8H2,1-3H3. The first-order chi connectivity index (χ1) is 8.61. The van der Waals surface area contributed by atoms with Gasteiger partial charge in [-0.3, -0.25) is 4.79 Å². The Morgan fingerprint density at radius 1 is 1.28 bits per heavy atom. The first-order valence-electron chi connectivity index (χ1n) is 6.17. The largest absolute Gasteiger partial charge is 0.331 e. The molecule has 18 heavy (non-hydrogen) atoms. The molecule has 0 saturated heterocycles. The maximum atomic E-state index is 11.0. The van der Waals surface area contributed by atoms with E-state index in [1.807, 2.05) is 19.2 Å². The Hall–Kier alpha value is -1.90. The van der Waals surface area contributed by atoms with E-state index in [0.717, 1.165) is 24.0 Å². The summed E-state index contributed by atoms with van der Waals surface area (Å²) in [7, 11) is 1.83. The van der Waals surface area contributed by atoms with Crippen LogP contribution in [0.5, 0.6) is 0 Å². The van der Waals surface area contributed by atoms with Crippen molar-refractivity contribution in [2.24, 2.45) is 13.0 Å². The zero-order valence-electron chi connectivity index (χ0n) is 11.1. The number of carbonyl (C=O) groups excluding carboxylic acids is 1. The van der Waals surface area contributed by atoms with Crippen LogP contribution in [-0.4, -0.2) is 15.8 Å². The van der Waals surface area contributed by atoms with Crippen LogP contribution in [0.15, 0.2) is 30.6 Å². The first kappa shape index (κ1) is 12.6. The molecule has 0 atom stereocenters. The predicted molar refractivity (Wildman–Crippen MR) is 72.6 cm³/mol.